The van der Waals surface area contributed by atoms with E-state index in [-0.39, 0.29) is 12.1 Å². The van der Waals surface area contributed by atoms with Crippen LogP contribution in [0.4, 0.5) is 10.5 Å². The molecule has 5 nitrogen and oxygen atoms in total. The third-order valence-corrected chi connectivity index (χ3v) is 4.32. The van der Waals surface area contributed by atoms with Crippen LogP contribution in [0, 0.1) is 0 Å². The van der Waals surface area contributed by atoms with E-state index < -0.39 is 5.60 Å². The third kappa shape index (κ3) is 3.75. The van der Waals surface area contributed by atoms with Crippen molar-refractivity contribution in [2.75, 3.05) is 19.8 Å². The first-order valence-electron chi connectivity index (χ1n) is 7.77. The topological polar surface area (TPSA) is 51.1 Å². The van der Waals surface area contributed by atoms with Crippen LogP contribution in [0.2, 0.25) is 0 Å². The predicted molar refractivity (Wildman–Crippen MR) is 92.5 cm³/mol. The lowest BCUT2D eigenvalue weighted by Crippen LogP contribution is -2.53. The van der Waals surface area contributed by atoms with Crippen molar-refractivity contribution in [3.05, 3.63) is 28.2 Å². The van der Waals surface area contributed by atoms with Gasteiger partial charge in [0.05, 0.1) is 24.9 Å². The van der Waals surface area contributed by atoms with Crippen LogP contribution in [-0.2, 0) is 15.9 Å². The monoisotopic (exact) mass is 380 g/mol. The molecule has 0 radical (unpaired) electrons. The Morgan fingerprint density at radius 1 is 1.43 bits per heavy atom. The van der Waals surface area contributed by atoms with Gasteiger partial charge in [-0.05, 0) is 38.5 Å². The first kappa shape index (κ1) is 16.5. The molecule has 0 saturated carbocycles. The first-order valence-corrected chi connectivity index (χ1v) is 8.56. The summed E-state index contributed by atoms with van der Waals surface area (Å²) in [6, 6.07) is 5.92. The van der Waals surface area contributed by atoms with Gasteiger partial charge in [-0.3, -0.25) is 9.89 Å². The fraction of sp³-hybridized carbons (Fsp3) is 0.529. The zero-order valence-electron chi connectivity index (χ0n) is 13.6. The van der Waals surface area contributed by atoms with Crippen molar-refractivity contribution >= 4 is 33.4 Å². The highest BCUT2D eigenvalue weighted by atomic mass is 79.9. The highest BCUT2D eigenvalue weighted by Gasteiger charge is 2.35. The summed E-state index contributed by atoms with van der Waals surface area (Å²) < 4.78 is 12.1. The Balaban J connectivity index is 1.80. The number of halogens is 1. The van der Waals surface area contributed by atoms with Gasteiger partial charge in [-0.25, -0.2) is 4.79 Å². The van der Waals surface area contributed by atoms with Crippen molar-refractivity contribution in [1.82, 2.24) is 4.90 Å². The Labute approximate surface area is 144 Å². The number of aliphatic imine (C=N–C) groups is 1. The van der Waals surface area contributed by atoms with Crippen molar-refractivity contribution in [3.63, 3.8) is 0 Å². The number of benzene rings is 1. The normalized spacial score (nSPS) is 21.0. The molecule has 1 aromatic rings. The number of rotatable bonds is 1. The minimum absolute atomic E-state index is 0.162. The summed E-state index contributed by atoms with van der Waals surface area (Å²) in [5, 5.41) is 0. The summed E-state index contributed by atoms with van der Waals surface area (Å²) in [5.41, 5.74) is 2.59. The van der Waals surface area contributed by atoms with Gasteiger partial charge in [0, 0.05) is 23.1 Å². The van der Waals surface area contributed by atoms with Crippen molar-refractivity contribution in [2.24, 2.45) is 4.99 Å². The Morgan fingerprint density at radius 3 is 2.96 bits per heavy atom. The number of amides is 1. The molecule has 6 heteroatoms. The Bertz CT molecular complexity index is 652. The number of fused-ring (bicyclic) bond motifs is 1. The molecule has 0 N–H and O–H groups in total. The number of hydrogen-bond acceptors (Lipinski definition) is 4. The molecule has 0 bridgehead atoms. The standard InChI is InChI=1S/C17H21BrN2O3/c1-17(2,3)23-16(21)20-6-7-22-10-15(20)14-8-11-4-5-12(18)9-13(11)19-14/h4-5,9,15H,6-8,10H2,1-3H3/t15-/m0/s1. The van der Waals surface area contributed by atoms with Crippen LogP contribution in [0.5, 0.6) is 0 Å². The maximum Gasteiger partial charge on any atom is 0.411 e. The van der Waals surface area contributed by atoms with E-state index in [2.05, 4.69) is 22.0 Å². The lowest BCUT2D eigenvalue weighted by atomic mass is 10.0. The average Bonchev–Trinajstić information content (AvgIpc) is 2.88. The first-order chi connectivity index (χ1) is 10.8. The van der Waals surface area contributed by atoms with E-state index in [1.165, 1.54) is 5.56 Å². The van der Waals surface area contributed by atoms with Gasteiger partial charge < -0.3 is 9.47 Å². The van der Waals surface area contributed by atoms with Gasteiger partial charge in [0.15, 0.2) is 0 Å². The molecule has 2 aliphatic rings. The fourth-order valence-corrected chi connectivity index (χ4v) is 3.14. The Morgan fingerprint density at radius 2 is 2.22 bits per heavy atom. The fourth-order valence-electron chi connectivity index (χ4n) is 2.79. The van der Waals surface area contributed by atoms with E-state index in [1.807, 2.05) is 32.9 Å². The molecule has 124 valence electrons. The van der Waals surface area contributed by atoms with Gasteiger partial charge in [-0.2, -0.15) is 0 Å². The van der Waals surface area contributed by atoms with Crippen molar-refractivity contribution in [2.45, 2.75) is 38.8 Å². The molecule has 1 amide bonds. The highest BCUT2D eigenvalue weighted by Crippen LogP contribution is 2.32. The van der Waals surface area contributed by atoms with E-state index in [4.69, 9.17) is 14.5 Å². The SMILES string of the molecule is CC(C)(C)OC(=O)N1CCOC[C@H]1C1=Nc2cc(Br)ccc2C1. The molecule has 1 atom stereocenters. The van der Waals surface area contributed by atoms with Gasteiger partial charge in [0.25, 0.3) is 0 Å². The summed E-state index contributed by atoms with van der Waals surface area (Å²) in [6.07, 6.45) is 0.446. The van der Waals surface area contributed by atoms with Crippen LogP contribution < -0.4 is 0 Å². The molecule has 0 spiro atoms. The van der Waals surface area contributed by atoms with Gasteiger partial charge in [0.1, 0.15) is 5.60 Å². The number of carbonyl (C=O) groups excluding carboxylic acids is 1. The summed E-state index contributed by atoms with van der Waals surface area (Å²) >= 11 is 3.47. The second kappa shape index (κ2) is 6.24. The molecule has 0 aliphatic carbocycles. The van der Waals surface area contributed by atoms with Crippen LogP contribution in [0.1, 0.15) is 26.3 Å². The molecule has 23 heavy (non-hydrogen) atoms. The van der Waals surface area contributed by atoms with Gasteiger partial charge in [-0.15, -0.1) is 0 Å². The van der Waals surface area contributed by atoms with Gasteiger partial charge in [0.2, 0.25) is 0 Å². The van der Waals surface area contributed by atoms with Crippen molar-refractivity contribution < 1.29 is 14.3 Å². The van der Waals surface area contributed by atoms with Crippen LogP contribution in [0.25, 0.3) is 0 Å². The van der Waals surface area contributed by atoms with Gasteiger partial charge >= 0.3 is 6.09 Å². The van der Waals surface area contributed by atoms with E-state index in [9.17, 15) is 4.79 Å². The van der Waals surface area contributed by atoms with Crippen molar-refractivity contribution in [1.29, 1.82) is 0 Å². The third-order valence-electron chi connectivity index (χ3n) is 3.82. The number of ether oxygens (including phenoxy) is 2. The van der Waals surface area contributed by atoms with E-state index >= 15 is 0 Å². The second-order valence-corrected chi connectivity index (χ2v) is 7.73. The molecule has 1 fully saturated rings. The average molecular weight is 381 g/mol. The summed E-state index contributed by atoms with van der Waals surface area (Å²) in [4.78, 5) is 19.0. The quantitative estimate of drug-likeness (QED) is 0.745. The molecular weight excluding hydrogens is 360 g/mol. The molecule has 2 aliphatic heterocycles. The zero-order valence-corrected chi connectivity index (χ0v) is 15.2. The van der Waals surface area contributed by atoms with Crippen molar-refractivity contribution in [3.8, 4) is 0 Å². The number of carbonyl (C=O) groups is 1. The number of nitrogens with zero attached hydrogens (tertiary/aromatic N) is 2. The number of morpholine rings is 1. The zero-order chi connectivity index (χ0) is 16.6. The summed E-state index contributed by atoms with van der Waals surface area (Å²) in [5.74, 6) is 0. The van der Waals surface area contributed by atoms with Crippen LogP contribution in [0.3, 0.4) is 0 Å². The predicted octanol–water partition coefficient (Wildman–Crippen LogP) is 3.71. The molecular formula is C17H21BrN2O3. The molecule has 0 aromatic heterocycles. The molecule has 0 unspecified atom stereocenters. The Kier molecular flexibility index (Phi) is 4.47. The van der Waals surface area contributed by atoms with Crippen LogP contribution in [0.15, 0.2) is 27.7 Å². The second-order valence-electron chi connectivity index (χ2n) is 6.82. The largest absolute Gasteiger partial charge is 0.444 e. The maximum atomic E-state index is 12.5. The van der Waals surface area contributed by atoms with Crippen LogP contribution in [-0.4, -0.2) is 48.1 Å². The molecule has 1 aromatic carbocycles. The minimum Gasteiger partial charge on any atom is -0.444 e. The Hall–Kier alpha value is -1.40. The van der Waals surface area contributed by atoms with E-state index in [0.29, 0.717) is 19.8 Å². The molecule has 3 rings (SSSR count). The maximum absolute atomic E-state index is 12.5. The smallest absolute Gasteiger partial charge is 0.411 e. The van der Waals surface area contributed by atoms with E-state index in [0.717, 1.165) is 22.3 Å². The van der Waals surface area contributed by atoms with Crippen LogP contribution >= 0.6 is 15.9 Å². The number of hydrogen-bond donors (Lipinski definition) is 0. The molecule has 2 heterocycles. The lowest BCUT2D eigenvalue weighted by molar-refractivity contribution is -0.0181. The highest BCUT2D eigenvalue weighted by molar-refractivity contribution is 9.10. The minimum atomic E-state index is -0.509. The molecule has 1 saturated heterocycles. The summed E-state index contributed by atoms with van der Waals surface area (Å²) in [7, 11) is 0. The lowest BCUT2D eigenvalue weighted by Gasteiger charge is -2.36. The summed E-state index contributed by atoms with van der Waals surface area (Å²) in [6.45, 7) is 7.15. The van der Waals surface area contributed by atoms with E-state index in [1.54, 1.807) is 4.90 Å². The van der Waals surface area contributed by atoms with Gasteiger partial charge in [-0.1, -0.05) is 22.0 Å².